The summed E-state index contributed by atoms with van der Waals surface area (Å²) in [6.07, 6.45) is 2.09. The van der Waals surface area contributed by atoms with Crippen LogP contribution < -0.4 is 10.6 Å². The van der Waals surface area contributed by atoms with Crippen molar-refractivity contribution in [2.24, 2.45) is 0 Å². The van der Waals surface area contributed by atoms with Gasteiger partial charge in [-0.25, -0.2) is 0 Å². The minimum absolute atomic E-state index is 0.0733. The molecule has 0 atom stereocenters. The van der Waals surface area contributed by atoms with Gasteiger partial charge in [0.15, 0.2) is 0 Å². The summed E-state index contributed by atoms with van der Waals surface area (Å²) in [6, 6.07) is 4.51. The Bertz CT molecular complexity index is 966. The van der Waals surface area contributed by atoms with Gasteiger partial charge >= 0.3 is 7.60 Å². The summed E-state index contributed by atoms with van der Waals surface area (Å²) in [6.45, 7) is 0.904. The largest absolute Gasteiger partial charge is 0.348 e. The number of nitrogens with one attached hydrogen (secondary N) is 3. The van der Waals surface area contributed by atoms with Gasteiger partial charge in [-0.1, -0.05) is 29.3 Å². The van der Waals surface area contributed by atoms with Gasteiger partial charge in [-0.15, -0.1) is 0 Å². The summed E-state index contributed by atoms with van der Waals surface area (Å²) in [4.78, 5) is 45.0. The van der Waals surface area contributed by atoms with E-state index in [9.17, 15) is 14.2 Å². The maximum absolute atomic E-state index is 12.6. The Hall–Kier alpha value is -1.94. The van der Waals surface area contributed by atoms with Crippen molar-refractivity contribution < 1.29 is 23.9 Å². The third-order valence-electron chi connectivity index (χ3n) is 4.61. The highest BCUT2D eigenvalue weighted by atomic mass is 35.5. The van der Waals surface area contributed by atoms with Crippen LogP contribution in [0.5, 0.6) is 0 Å². The highest BCUT2D eigenvalue weighted by Crippen LogP contribution is 2.35. The zero-order chi connectivity index (χ0) is 21.9. The molecular weight excluding hydrogens is 456 g/mol. The maximum Gasteiger partial charge on any atom is 0.339 e. The van der Waals surface area contributed by atoms with Crippen molar-refractivity contribution in [1.29, 1.82) is 0 Å². The van der Waals surface area contributed by atoms with E-state index in [0.717, 1.165) is 0 Å². The number of anilines is 1. The van der Waals surface area contributed by atoms with Crippen molar-refractivity contribution in [3.63, 3.8) is 0 Å². The normalized spacial score (nSPS) is 15.7. The number of nitrogens with zero attached hydrogens (tertiary/aromatic N) is 2. The van der Waals surface area contributed by atoms with E-state index in [0.29, 0.717) is 25.9 Å². The number of rotatable bonds is 6. The van der Waals surface area contributed by atoms with Gasteiger partial charge in [-0.3, -0.25) is 24.2 Å². The first-order chi connectivity index (χ1) is 14.1. The fraction of sp³-hybridized carbons (Fsp3) is 0.353. The fourth-order valence-electron chi connectivity index (χ4n) is 3.19. The first-order valence-electron chi connectivity index (χ1n) is 9.00. The monoisotopic (exact) mass is 475 g/mol. The van der Waals surface area contributed by atoms with Crippen molar-refractivity contribution in [2.75, 3.05) is 24.7 Å². The summed E-state index contributed by atoms with van der Waals surface area (Å²) in [5.74, 6) is -1.03. The van der Waals surface area contributed by atoms with E-state index >= 15 is 0 Å². The Balaban J connectivity index is 1.61. The molecule has 2 aromatic rings. The predicted molar refractivity (Wildman–Crippen MR) is 112 cm³/mol. The van der Waals surface area contributed by atoms with Crippen LogP contribution >= 0.6 is 30.8 Å². The van der Waals surface area contributed by atoms with Crippen LogP contribution in [0.15, 0.2) is 24.4 Å². The number of likely N-dealkylation sites (tertiary alicyclic amines) is 1. The smallest absolute Gasteiger partial charge is 0.339 e. The van der Waals surface area contributed by atoms with Crippen LogP contribution in [-0.4, -0.2) is 62.1 Å². The number of carbonyl (C=O) groups excluding carboxylic acids is 2. The average molecular weight is 476 g/mol. The van der Waals surface area contributed by atoms with Crippen molar-refractivity contribution in [3.8, 4) is 0 Å². The molecular formula is C17H20Cl2N5O5P. The number of amides is 2. The van der Waals surface area contributed by atoms with Crippen LogP contribution in [0.25, 0.3) is 0 Å². The Morgan fingerprint density at radius 3 is 2.43 bits per heavy atom. The Morgan fingerprint density at radius 1 is 1.20 bits per heavy atom. The molecule has 0 aliphatic carbocycles. The minimum Gasteiger partial charge on any atom is -0.348 e. The zero-order valence-electron chi connectivity index (χ0n) is 15.6. The molecule has 1 fully saturated rings. The van der Waals surface area contributed by atoms with Crippen LogP contribution in [0.1, 0.15) is 33.7 Å². The molecule has 1 aliphatic heterocycles. The molecule has 1 aromatic heterocycles. The molecule has 10 nitrogen and oxygen atoms in total. The molecule has 13 heteroatoms. The molecule has 0 radical (unpaired) electrons. The molecule has 1 aromatic carbocycles. The topological polar surface area (TPSA) is 148 Å². The lowest BCUT2D eigenvalue weighted by atomic mass is 10.1. The zero-order valence-corrected chi connectivity index (χ0v) is 18.0. The highest BCUT2D eigenvalue weighted by Gasteiger charge is 2.27. The lowest BCUT2D eigenvalue weighted by molar-refractivity contribution is 0.0909. The van der Waals surface area contributed by atoms with Crippen LogP contribution in [0, 0.1) is 0 Å². The molecule has 3 rings (SSSR count). The van der Waals surface area contributed by atoms with Gasteiger partial charge in [0.25, 0.3) is 11.8 Å². The number of hydrogen-bond donors (Lipinski definition) is 5. The first kappa shape index (κ1) is 22.7. The minimum atomic E-state index is -4.11. The van der Waals surface area contributed by atoms with Gasteiger partial charge in [0.05, 0.1) is 27.5 Å². The van der Waals surface area contributed by atoms with Crippen molar-refractivity contribution in [3.05, 3.63) is 45.7 Å². The number of aromatic amines is 1. The number of hydrogen-bond acceptors (Lipinski definition) is 5. The Labute approximate surface area is 182 Å². The second-order valence-corrected chi connectivity index (χ2v) is 9.31. The van der Waals surface area contributed by atoms with Crippen molar-refractivity contribution in [1.82, 2.24) is 20.4 Å². The van der Waals surface area contributed by atoms with Gasteiger partial charge in [-0.2, -0.15) is 5.10 Å². The van der Waals surface area contributed by atoms with Crippen molar-refractivity contribution in [2.45, 2.75) is 18.9 Å². The number of aromatic nitrogens is 2. The molecule has 0 saturated carbocycles. The molecule has 2 amide bonds. The molecule has 162 valence electrons. The fourth-order valence-corrected chi connectivity index (χ4v) is 4.56. The van der Waals surface area contributed by atoms with Crippen LogP contribution in [-0.2, 0) is 4.57 Å². The molecule has 5 N–H and O–H groups in total. The van der Waals surface area contributed by atoms with E-state index in [2.05, 4.69) is 20.8 Å². The Kier molecular flexibility index (Phi) is 7.18. The van der Waals surface area contributed by atoms with Crippen LogP contribution in [0.2, 0.25) is 10.0 Å². The second kappa shape index (κ2) is 9.47. The number of carbonyl (C=O) groups is 2. The molecule has 0 spiro atoms. The van der Waals surface area contributed by atoms with E-state index in [1.54, 1.807) is 11.0 Å². The van der Waals surface area contributed by atoms with Gasteiger partial charge in [-0.05, 0) is 25.0 Å². The summed E-state index contributed by atoms with van der Waals surface area (Å²) < 4.78 is 11.1. The molecule has 0 unspecified atom stereocenters. The van der Waals surface area contributed by atoms with Gasteiger partial charge in [0.2, 0.25) is 0 Å². The summed E-state index contributed by atoms with van der Waals surface area (Å²) in [7, 11) is -4.11. The number of piperidine rings is 1. The van der Waals surface area contributed by atoms with E-state index in [1.807, 2.05) is 0 Å². The molecule has 30 heavy (non-hydrogen) atoms. The predicted octanol–water partition coefficient (Wildman–Crippen LogP) is 2.30. The first-order valence-corrected chi connectivity index (χ1v) is 11.6. The Morgan fingerprint density at radius 2 is 1.83 bits per heavy atom. The third-order valence-corrected chi connectivity index (χ3v) is 6.01. The second-order valence-electron chi connectivity index (χ2n) is 6.88. The lowest BCUT2D eigenvalue weighted by Crippen LogP contribution is -2.45. The number of benzene rings is 1. The van der Waals surface area contributed by atoms with Gasteiger partial charge in [0.1, 0.15) is 12.0 Å². The third kappa shape index (κ3) is 5.81. The molecule has 2 heterocycles. The van der Waals surface area contributed by atoms with Gasteiger partial charge in [0, 0.05) is 19.1 Å². The van der Waals surface area contributed by atoms with Gasteiger partial charge < -0.3 is 20.4 Å². The molecule has 1 saturated heterocycles. The van der Waals surface area contributed by atoms with E-state index in [1.165, 1.54) is 18.3 Å². The number of H-pyrrole nitrogens is 1. The SMILES string of the molecule is O=C(NC1CCN(CP(=O)(O)O)CC1)c1[nH]ncc1NC(=O)c1c(Cl)cccc1Cl. The summed E-state index contributed by atoms with van der Waals surface area (Å²) in [5, 5.41) is 12.2. The van der Waals surface area contributed by atoms with Crippen LogP contribution in [0.4, 0.5) is 5.69 Å². The van der Waals surface area contributed by atoms with Crippen LogP contribution in [0.3, 0.4) is 0 Å². The number of halogens is 2. The van der Waals surface area contributed by atoms with E-state index in [4.69, 9.17) is 33.0 Å². The highest BCUT2D eigenvalue weighted by molar-refractivity contribution is 7.51. The standard InChI is InChI=1S/C17H20Cl2N5O5P/c18-11-2-1-3-12(19)14(11)16(25)22-13-8-20-23-15(13)17(26)21-10-4-6-24(7-5-10)9-30(27,28)29/h1-3,8,10H,4-7,9H2,(H,20,23)(H,21,26)(H,22,25)(H2,27,28,29). The lowest BCUT2D eigenvalue weighted by Gasteiger charge is -2.32. The van der Waals surface area contributed by atoms with Crippen molar-refractivity contribution >= 4 is 48.3 Å². The molecule has 0 bridgehead atoms. The maximum atomic E-state index is 12.6. The molecule has 1 aliphatic rings. The van der Waals surface area contributed by atoms with E-state index < -0.39 is 19.4 Å². The summed E-state index contributed by atoms with van der Waals surface area (Å²) in [5.41, 5.74) is 0.336. The quantitative estimate of drug-likeness (QED) is 0.402. The average Bonchev–Trinajstić information content (AvgIpc) is 3.10. The van der Waals surface area contributed by atoms with E-state index in [-0.39, 0.29) is 39.3 Å². The summed E-state index contributed by atoms with van der Waals surface area (Å²) >= 11 is 12.1.